The zero-order valence-electron chi connectivity index (χ0n) is 16.4. The summed E-state index contributed by atoms with van der Waals surface area (Å²) in [6, 6.07) is 7.47. The van der Waals surface area contributed by atoms with E-state index in [2.05, 4.69) is 12.2 Å². The standard InChI is InChI=1S/C21H27N3O4/c1-3-28-19(25)12-23-18-7-5-4-6-16(18)20(26)24(21(23)27)15-10-14-9-8-13(2)17(11-15)22-14/h4-7,13-15,17,22H,3,8-12H2,1-2H3. The zero-order valence-corrected chi connectivity index (χ0v) is 16.4. The lowest BCUT2D eigenvalue weighted by Gasteiger charge is -2.44. The number of nitrogens with one attached hydrogen (secondary N) is 1. The molecule has 2 aliphatic heterocycles. The summed E-state index contributed by atoms with van der Waals surface area (Å²) in [5.74, 6) is 0.0488. The molecular formula is C21H27N3O4. The number of carbonyl (C=O) groups is 1. The highest BCUT2D eigenvalue weighted by Crippen LogP contribution is 2.34. The van der Waals surface area contributed by atoms with Crippen molar-refractivity contribution in [1.82, 2.24) is 14.5 Å². The maximum Gasteiger partial charge on any atom is 0.332 e. The summed E-state index contributed by atoms with van der Waals surface area (Å²) in [6.07, 6.45) is 3.75. The van der Waals surface area contributed by atoms with Crippen molar-refractivity contribution in [2.45, 2.75) is 64.2 Å². The van der Waals surface area contributed by atoms with Crippen LogP contribution in [0.15, 0.2) is 33.9 Å². The molecule has 28 heavy (non-hydrogen) atoms. The molecule has 1 aromatic heterocycles. The molecule has 3 heterocycles. The maximum atomic E-state index is 13.3. The Balaban J connectivity index is 1.83. The van der Waals surface area contributed by atoms with Crippen molar-refractivity contribution in [3.8, 4) is 0 Å². The van der Waals surface area contributed by atoms with E-state index >= 15 is 0 Å². The molecule has 2 aliphatic rings. The minimum Gasteiger partial charge on any atom is -0.465 e. The Bertz CT molecular complexity index is 1010. The number of rotatable bonds is 4. The van der Waals surface area contributed by atoms with Crippen LogP contribution in [-0.4, -0.2) is 33.8 Å². The monoisotopic (exact) mass is 385 g/mol. The van der Waals surface area contributed by atoms with Gasteiger partial charge in [0, 0.05) is 18.1 Å². The molecule has 2 bridgehead atoms. The van der Waals surface area contributed by atoms with E-state index in [0.29, 0.717) is 28.9 Å². The number of benzene rings is 1. The van der Waals surface area contributed by atoms with E-state index in [4.69, 9.17) is 4.74 Å². The fourth-order valence-corrected chi connectivity index (χ4v) is 4.78. The van der Waals surface area contributed by atoms with Crippen LogP contribution in [0.5, 0.6) is 0 Å². The van der Waals surface area contributed by atoms with Gasteiger partial charge in [-0.1, -0.05) is 19.1 Å². The first-order chi connectivity index (χ1) is 13.5. The molecule has 0 spiro atoms. The van der Waals surface area contributed by atoms with Crippen molar-refractivity contribution in [3.05, 3.63) is 45.1 Å². The van der Waals surface area contributed by atoms with Crippen molar-refractivity contribution >= 4 is 16.9 Å². The molecule has 0 saturated carbocycles. The number of nitrogens with zero attached hydrogens (tertiary/aromatic N) is 2. The Morgan fingerprint density at radius 1 is 1.21 bits per heavy atom. The molecule has 2 aromatic rings. The van der Waals surface area contributed by atoms with Gasteiger partial charge >= 0.3 is 11.7 Å². The highest BCUT2D eigenvalue weighted by Gasteiger charge is 2.37. The first-order valence-corrected chi connectivity index (χ1v) is 10.1. The Labute approximate surface area is 163 Å². The van der Waals surface area contributed by atoms with Gasteiger partial charge in [0.15, 0.2) is 0 Å². The smallest absolute Gasteiger partial charge is 0.332 e. The Hall–Kier alpha value is -2.41. The van der Waals surface area contributed by atoms with Crippen LogP contribution in [-0.2, 0) is 16.1 Å². The van der Waals surface area contributed by atoms with Crippen LogP contribution in [0.25, 0.3) is 10.9 Å². The largest absolute Gasteiger partial charge is 0.465 e. The Morgan fingerprint density at radius 2 is 2.00 bits per heavy atom. The van der Waals surface area contributed by atoms with Gasteiger partial charge in [0.1, 0.15) is 6.54 Å². The van der Waals surface area contributed by atoms with Gasteiger partial charge in [0.25, 0.3) is 5.56 Å². The molecule has 4 atom stereocenters. The maximum absolute atomic E-state index is 13.3. The Morgan fingerprint density at radius 3 is 2.79 bits per heavy atom. The summed E-state index contributed by atoms with van der Waals surface area (Å²) in [4.78, 5) is 38.7. The third-order valence-electron chi connectivity index (χ3n) is 6.23. The zero-order chi connectivity index (χ0) is 19.8. The highest BCUT2D eigenvalue weighted by molar-refractivity contribution is 5.80. The second-order valence-electron chi connectivity index (χ2n) is 8.02. The third kappa shape index (κ3) is 3.28. The molecule has 4 unspecified atom stereocenters. The second kappa shape index (κ2) is 7.54. The summed E-state index contributed by atoms with van der Waals surface area (Å²) >= 11 is 0. The molecule has 1 aromatic carbocycles. The second-order valence-corrected chi connectivity index (χ2v) is 8.02. The topological polar surface area (TPSA) is 82.3 Å². The van der Waals surface area contributed by atoms with Crippen LogP contribution in [0.2, 0.25) is 0 Å². The van der Waals surface area contributed by atoms with Crippen LogP contribution < -0.4 is 16.6 Å². The van der Waals surface area contributed by atoms with E-state index in [9.17, 15) is 14.4 Å². The minimum absolute atomic E-state index is 0.156. The summed E-state index contributed by atoms with van der Waals surface area (Å²) in [6.45, 7) is 4.01. The number of esters is 1. The lowest BCUT2D eigenvalue weighted by molar-refractivity contribution is -0.143. The van der Waals surface area contributed by atoms with Crippen LogP contribution >= 0.6 is 0 Å². The van der Waals surface area contributed by atoms with E-state index in [1.165, 1.54) is 15.6 Å². The first kappa shape index (κ1) is 18.9. The number of hydrogen-bond donors (Lipinski definition) is 1. The molecule has 2 saturated heterocycles. The van der Waals surface area contributed by atoms with Gasteiger partial charge in [-0.15, -0.1) is 0 Å². The van der Waals surface area contributed by atoms with Crippen LogP contribution in [0.3, 0.4) is 0 Å². The van der Waals surface area contributed by atoms with E-state index in [0.717, 1.165) is 19.3 Å². The molecule has 0 amide bonds. The number of aromatic nitrogens is 2. The van der Waals surface area contributed by atoms with Crippen LogP contribution in [0.1, 0.15) is 45.6 Å². The molecule has 7 heteroatoms. The molecule has 4 rings (SSSR count). The fourth-order valence-electron chi connectivity index (χ4n) is 4.78. The van der Waals surface area contributed by atoms with E-state index in [1.54, 1.807) is 31.2 Å². The average Bonchev–Trinajstić information content (AvgIpc) is 2.69. The number of para-hydroxylation sites is 1. The summed E-state index contributed by atoms with van der Waals surface area (Å²) in [5.41, 5.74) is -0.211. The van der Waals surface area contributed by atoms with E-state index in [-0.39, 0.29) is 24.8 Å². The highest BCUT2D eigenvalue weighted by atomic mass is 16.5. The normalized spacial score (nSPS) is 26.9. The van der Waals surface area contributed by atoms with Gasteiger partial charge in [-0.2, -0.15) is 0 Å². The Kier molecular flexibility index (Phi) is 5.10. The van der Waals surface area contributed by atoms with Gasteiger partial charge in [-0.05, 0) is 50.7 Å². The number of carbonyl (C=O) groups excluding carboxylic acids is 1. The SMILES string of the molecule is CCOC(=O)Cn1c(=O)n(C2CC3CCC(C)C(C2)N3)c(=O)c2ccccc21. The quantitative estimate of drug-likeness (QED) is 0.812. The first-order valence-electron chi connectivity index (χ1n) is 10.1. The lowest BCUT2D eigenvalue weighted by atomic mass is 9.78. The fraction of sp³-hybridized carbons (Fsp3) is 0.571. The number of fused-ring (bicyclic) bond motifs is 3. The molecule has 7 nitrogen and oxygen atoms in total. The average molecular weight is 385 g/mol. The summed E-state index contributed by atoms with van der Waals surface area (Å²) in [7, 11) is 0. The number of piperidine rings is 2. The molecule has 2 fully saturated rings. The minimum atomic E-state index is -0.476. The molecule has 150 valence electrons. The van der Waals surface area contributed by atoms with Crippen molar-refractivity contribution in [2.24, 2.45) is 5.92 Å². The van der Waals surface area contributed by atoms with Crippen molar-refractivity contribution in [2.75, 3.05) is 6.61 Å². The van der Waals surface area contributed by atoms with Gasteiger partial charge in [0.05, 0.1) is 17.5 Å². The number of hydrogen-bond acceptors (Lipinski definition) is 5. The molecule has 0 radical (unpaired) electrons. The van der Waals surface area contributed by atoms with Gasteiger partial charge < -0.3 is 10.1 Å². The van der Waals surface area contributed by atoms with Crippen molar-refractivity contribution < 1.29 is 9.53 Å². The van der Waals surface area contributed by atoms with E-state index < -0.39 is 11.7 Å². The summed E-state index contributed by atoms with van der Waals surface area (Å²) < 4.78 is 7.82. The number of ether oxygens (including phenoxy) is 1. The third-order valence-corrected chi connectivity index (χ3v) is 6.23. The van der Waals surface area contributed by atoms with Gasteiger partial charge in [-0.3, -0.25) is 18.7 Å². The predicted molar refractivity (Wildman–Crippen MR) is 106 cm³/mol. The predicted octanol–water partition coefficient (Wildman–Crippen LogP) is 1.82. The van der Waals surface area contributed by atoms with Crippen LogP contribution in [0.4, 0.5) is 0 Å². The molecule has 1 N–H and O–H groups in total. The van der Waals surface area contributed by atoms with Crippen molar-refractivity contribution in [3.63, 3.8) is 0 Å². The summed E-state index contributed by atoms with van der Waals surface area (Å²) in [5, 5.41) is 4.10. The van der Waals surface area contributed by atoms with Crippen LogP contribution in [0, 0.1) is 5.92 Å². The lowest BCUT2D eigenvalue weighted by Crippen LogP contribution is -2.55. The molecule has 0 aliphatic carbocycles. The van der Waals surface area contributed by atoms with Crippen molar-refractivity contribution in [1.29, 1.82) is 0 Å². The molecular weight excluding hydrogens is 358 g/mol. The van der Waals surface area contributed by atoms with Gasteiger partial charge in [-0.25, -0.2) is 4.79 Å². The van der Waals surface area contributed by atoms with Gasteiger partial charge in [0.2, 0.25) is 0 Å². The van der Waals surface area contributed by atoms with E-state index in [1.807, 2.05) is 0 Å².